The molecule has 6 heteroatoms. The Morgan fingerprint density at radius 1 is 0.600 bits per heavy atom. The van der Waals surface area contributed by atoms with Gasteiger partial charge in [-0.05, 0) is 60.5 Å². The quantitative estimate of drug-likeness (QED) is 0.365. The molecule has 2 aromatic rings. The highest BCUT2D eigenvalue weighted by Gasteiger charge is 2.42. The lowest BCUT2D eigenvalue weighted by Gasteiger charge is -2.34. The number of carbonyl (C=O) groups excluding carboxylic acids is 2. The average molecular weight is 443 g/mol. The first-order valence-electron chi connectivity index (χ1n) is 11.0. The molecule has 0 saturated carbocycles. The van der Waals surface area contributed by atoms with E-state index >= 15 is 0 Å². The zero-order valence-electron chi connectivity index (χ0n) is 18.6. The second-order valence-electron chi connectivity index (χ2n) is 7.79. The SMILES string of the molecule is CC[Si](CC)(CC[Si](CC)(CC)OC(=O)c1ccccc1)OC(=O)c1ccccc1. The van der Waals surface area contributed by atoms with Gasteiger partial charge >= 0.3 is 11.9 Å². The molecule has 2 rings (SSSR count). The van der Waals surface area contributed by atoms with Crippen molar-refractivity contribution in [3.05, 3.63) is 71.8 Å². The van der Waals surface area contributed by atoms with Crippen LogP contribution in [-0.2, 0) is 8.85 Å². The fourth-order valence-corrected chi connectivity index (χ4v) is 11.6. The Labute approximate surface area is 182 Å². The van der Waals surface area contributed by atoms with Gasteiger partial charge in [0.05, 0.1) is 11.1 Å². The highest BCUT2D eigenvalue weighted by atomic mass is 28.4. The van der Waals surface area contributed by atoms with Crippen LogP contribution in [0.1, 0.15) is 48.4 Å². The predicted octanol–water partition coefficient (Wildman–Crippen LogP) is 6.67. The maximum Gasteiger partial charge on any atom is 0.324 e. The van der Waals surface area contributed by atoms with E-state index in [9.17, 15) is 9.59 Å². The number of hydrogen-bond donors (Lipinski definition) is 0. The Hall–Kier alpha value is -2.19. The molecule has 0 aliphatic heterocycles. The van der Waals surface area contributed by atoms with Gasteiger partial charge in [0.2, 0.25) is 0 Å². The van der Waals surface area contributed by atoms with Crippen LogP contribution < -0.4 is 0 Å². The van der Waals surface area contributed by atoms with E-state index in [4.69, 9.17) is 8.85 Å². The molecule has 0 amide bonds. The molecule has 2 aromatic carbocycles. The van der Waals surface area contributed by atoms with Crippen LogP contribution in [0.3, 0.4) is 0 Å². The monoisotopic (exact) mass is 442 g/mol. The zero-order chi connectivity index (χ0) is 22.0. The molecule has 0 aliphatic rings. The second kappa shape index (κ2) is 11.3. The smallest absolute Gasteiger partial charge is 0.324 e. The summed E-state index contributed by atoms with van der Waals surface area (Å²) in [6.45, 7) is 8.46. The minimum Gasteiger partial charge on any atom is -0.516 e. The van der Waals surface area contributed by atoms with E-state index in [2.05, 4.69) is 27.7 Å². The number of carbonyl (C=O) groups is 2. The van der Waals surface area contributed by atoms with Gasteiger partial charge in [-0.3, -0.25) is 0 Å². The molecule has 0 aliphatic carbocycles. The van der Waals surface area contributed by atoms with Crippen molar-refractivity contribution in [1.29, 1.82) is 0 Å². The van der Waals surface area contributed by atoms with E-state index in [1.165, 1.54) is 0 Å². The van der Waals surface area contributed by atoms with E-state index in [0.29, 0.717) is 11.1 Å². The first kappa shape index (κ1) is 24.1. The Morgan fingerprint density at radius 2 is 0.900 bits per heavy atom. The summed E-state index contributed by atoms with van der Waals surface area (Å²) >= 11 is 0. The topological polar surface area (TPSA) is 52.6 Å². The molecule has 0 fully saturated rings. The van der Waals surface area contributed by atoms with Gasteiger partial charge in [0.1, 0.15) is 0 Å². The third-order valence-corrected chi connectivity index (χ3v) is 15.5. The van der Waals surface area contributed by atoms with E-state index in [1.54, 1.807) is 24.3 Å². The first-order valence-corrected chi connectivity index (χ1v) is 16.1. The van der Waals surface area contributed by atoms with Crippen molar-refractivity contribution in [3.63, 3.8) is 0 Å². The lowest BCUT2D eigenvalue weighted by atomic mass is 10.2. The van der Waals surface area contributed by atoms with Crippen molar-refractivity contribution >= 4 is 28.6 Å². The van der Waals surface area contributed by atoms with Crippen molar-refractivity contribution in [3.8, 4) is 0 Å². The van der Waals surface area contributed by atoms with Crippen molar-refractivity contribution in [1.82, 2.24) is 0 Å². The molecule has 0 N–H and O–H groups in total. The summed E-state index contributed by atoms with van der Waals surface area (Å²) in [7, 11) is -4.54. The van der Waals surface area contributed by atoms with Gasteiger partial charge in [-0.15, -0.1) is 0 Å². The highest BCUT2D eigenvalue weighted by molar-refractivity contribution is 6.80. The van der Waals surface area contributed by atoms with Crippen LogP contribution in [0.2, 0.25) is 36.3 Å². The molecule has 0 unspecified atom stereocenters. The van der Waals surface area contributed by atoms with Gasteiger partial charge in [-0.2, -0.15) is 0 Å². The normalized spacial score (nSPS) is 11.7. The molecule has 0 heterocycles. The molecule has 30 heavy (non-hydrogen) atoms. The molecule has 4 nitrogen and oxygen atoms in total. The summed E-state index contributed by atoms with van der Waals surface area (Å²) in [5.74, 6) is -0.458. The fourth-order valence-electron chi connectivity index (χ4n) is 3.71. The van der Waals surface area contributed by atoms with Crippen molar-refractivity contribution in [2.75, 3.05) is 0 Å². The predicted molar refractivity (Wildman–Crippen MR) is 127 cm³/mol. The third-order valence-electron chi connectivity index (χ3n) is 6.25. The minimum absolute atomic E-state index is 0.229. The molecule has 0 radical (unpaired) electrons. The highest BCUT2D eigenvalue weighted by Crippen LogP contribution is 2.33. The standard InChI is InChI=1S/C24H34O4Si2/c1-5-29(6-2,27-23(25)21-15-11-9-12-16-21)19-20-30(7-3,8-4)28-24(26)22-17-13-10-14-18-22/h9-18H,5-8,19-20H2,1-4H3. The summed E-state index contributed by atoms with van der Waals surface area (Å²) in [5, 5.41) is 0. The summed E-state index contributed by atoms with van der Waals surface area (Å²) < 4.78 is 12.4. The number of benzene rings is 2. The Morgan fingerprint density at radius 3 is 1.17 bits per heavy atom. The van der Waals surface area contributed by atoms with Gasteiger partial charge in [0.25, 0.3) is 16.6 Å². The van der Waals surface area contributed by atoms with Gasteiger partial charge in [0.15, 0.2) is 0 Å². The summed E-state index contributed by atoms with van der Waals surface area (Å²) in [4.78, 5) is 25.5. The van der Waals surface area contributed by atoms with Crippen LogP contribution in [0, 0.1) is 0 Å². The molecule has 0 aromatic heterocycles. The third kappa shape index (κ3) is 6.16. The molecule has 162 valence electrons. The zero-order valence-corrected chi connectivity index (χ0v) is 20.6. The van der Waals surface area contributed by atoms with Crippen LogP contribution in [0.15, 0.2) is 60.7 Å². The van der Waals surface area contributed by atoms with E-state index in [-0.39, 0.29) is 11.9 Å². The Balaban J connectivity index is 2.14. The van der Waals surface area contributed by atoms with E-state index in [1.807, 2.05) is 36.4 Å². The van der Waals surface area contributed by atoms with Gasteiger partial charge in [-0.1, -0.05) is 64.1 Å². The lowest BCUT2D eigenvalue weighted by Crippen LogP contribution is -2.45. The Bertz CT molecular complexity index is 731. The van der Waals surface area contributed by atoms with Crippen LogP contribution in [0.5, 0.6) is 0 Å². The van der Waals surface area contributed by atoms with E-state index < -0.39 is 16.6 Å². The summed E-state index contributed by atoms with van der Waals surface area (Å²) in [6.07, 6.45) is 0. The van der Waals surface area contributed by atoms with Gasteiger partial charge < -0.3 is 8.85 Å². The fraction of sp³-hybridized carbons (Fsp3) is 0.417. The van der Waals surface area contributed by atoms with Crippen molar-refractivity contribution in [2.45, 2.75) is 64.0 Å². The molecular formula is C24H34O4Si2. The molecule has 0 bridgehead atoms. The molecule has 0 saturated heterocycles. The molecule has 0 spiro atoms. The van der Waals surface area contributed by atoms with Crippen LogP contribution in [0.4, 0.5) is 0 Å². The van der Waals surface area contributed by atoms with Crippen LogP contribution in [-0.4, -0.2) is 28.6 Å². The van der Waals surface area contributed by atoms with Gasteiger partial charge in [-0.25, -0.2) is 9.59 Å². The maximum absolute atomic E-state index is 12.7. The lowest BCUT2D eigenvalue weighted by molar-refractivity contribution is 0.0701. The van der Waals surface area contributed by atoms with Gasteiger partial charge in [0, 0.05) is 0 Å². The van der Waals surface area contributed by atoms with Crippen LogP contribution >= 0.6 is 0 Å². The van der Waals surface area contributed by atoms with E-state index in [0.717, 1.165) is 36.3 Å². The summed E-state index contributed by atoms with van der Waals surface area (Å²) in [5.41, 5.74) is 1.20. The molecular weight excluding hydrogens is 408 g/mol. The summed E-state index contributed by atoms with van der Waals surface area (Å²) in [6, 6.07) is 23.5. The second-order valence-corrected chi connectivity index (χ2v) is 16.8. The minimum atomic E-state index is -2.27. The number of hydrogen-bond acceptors (Lipinski definition) is 4. The number of rotatable bonds is 11. The Kier molecular flexibility index (Phi) is 9.05. The average Bonchev–Trinajstić information content (AvgIpc) is 2.81. The maximum atomic E-state index is 12.7. The molecule has 0 atom stereocenters. The van der Waals surface area contributed by atoms with Crippen molar-refractivity contribution in [2.24, 2.45) is 0 Å². The largest absolute Gasteiger partial charge is 0.516 e. The van der Waals surface area contributed by atoms with Crippen molar-refractivity contribution < 1.29 is 18.4 Å². The first-order chi connectivity index (χ1) is 14.4. The van der Waals surface area contributed by atoms with Crippen LogP contribution in [0.25, 0.3) is 0 Å².